The van der Waals surface area contributed by atoms with E-state index in [0.717, 1.165) is 29.6 Å². The van der Waals surface area contributed by atoms with Crippen LogP contribution in [0, 0.1) is 48.8 Å². The van der Waals surface area contributed by atoms with Crippen molar-refractivity contribution in [3.63, 3.8) is 0 Å². The van der Waals surface area contributed by atoms with Gasteiger partial charge < -0.3 is 65.3 Å². The van der Waals surface area contributed by atoms with E-state index in [-0.39, 0.29) is 138 Å². The predicted octanol–water partition coefficient (Wildman–Crippen LogP) is 7.44. The zero-order valence-corrected chi connectivity index (χ0v) is 38.3. The molecule has 238 valence electrons. The molecule has 4 radical (unpaired) electrons. The van der Waals surface area contributed by atoms with E-state index in [1.807, 2.05) is 79.7 Å². The summed E-state index contributed by atoms with van der Waals surface area (Å²) in [5, 5.41) is 0. The molecule has 4 aromatic carbocycles. The molecule has 6 nitrogen and oxygen atoms in total. The molecule has 0 unspecified atom stereocenters. The SMILES string of the molecule is CCOc1cc[c-]cc1.COc1cc[c-]cc1.[Y].[Y].[Y].[Y].[c-]1cc[c-]nc1.[c-]1cc[c-]nc1.[c-]1ccc(OCOc2cc[c-]cc2)cc1. The molecular formula is C38H32N2O4Y4-8. The fraction of sp³-hybridized carbons (Fsp3) is 0.105. The molecule has 6 rings (SSSR count). The fourth-order valence-electron chi connectivity index (χ4n) is 2.74. The maximum Gasteiger partial charge on any atom is 0.224 e. The summed E-state index contributed by atoms with van der Waals surface area (Å²) in [5.74, 6) is 3.34. The Kier molecular flexibility index (Phi) is 41.1. The molecule has 0 saturated heterocycles. The molecule has 0 spiro atoms. The van der Waals surface area contributed by atoms with Gasteiger partial charge in [0.15, 0.2) is 0 Å². The minimum atomic E-state index is 0. The third kappa shape index (κ3) is 29.7. The summed E-state index contributed by atoms with van der Waals surface area (Å²) in [4.78, 5) is 7.21. The molecule has 0 saturated carbocycles. The van der Waals surface area contributed by atoms with Crippen LogP contribution in [-0.2, 0) is 131 Å². The summed E-state index contributed by atoms with van der Waals surface area (Å²) in [7, 11) is 1.65. The van der Waals surface area contributed by atoms with E-state index >= 15 is 0 Å². The molecule has 0 atom stereocenters. The molecule has 10 heteroatoms. The normalized spacial score (nSPS) is 8.12. The maximum absolute atomic E-state index is 5.36. The Morgan fingerprint density at radius 2 is 0.771 bits per heavy atom. The second kappa shape index (κ2) is 38.6. The molecule has 0 amide bonds. The smallest absolute Gasteiger partial charge is 0.224 e. The largest absolute Gasteiger partial charge is 0.522 e. The van der Waals surface area contributed by atoms with Crippen LogP contribution in [0.25, 0.3) is 0 Å². The third-order valence-corrected chi connectivity index (χ3v) is 4.68. The van der Waals surface area contributed by atoms with Gasteiger partial charge >= 0.3 is 0 Å². The second-order valence-electron chi connectivity index (χ2n) is 7.76. The molecule has 48 heavy (non-hydrogen) atoms. The van der Waals surface area contributed by atoms with Gasteiger partial charge in [0.05, 0.1) is 13.7 Å². The minimum absolute atomic E-state index is 0. The summed E-state index contributed by atoms with van der Waals surface area (Å²) in [6.07, 6.45) is 8.36. The van der Waals surface area contributed by atoms with Crippen molar-refractivity contribution in [2.45, 2.75) is 6.92 Å². The van der Waals surface area contributed by atoms with E-state index in [4.69, 9.17) is 18.9 Å². The Morgan fingerprint density at radius 1 is 0.438 bits per heavy atom. The summed E-state index contributed by atoms with van der Waals surface area (Å²) in [5.41, 5.74) is 0. The van der Waals surface area contributed by atoms with Crippen LogP contribution < -0.4 is 18.9 Å². The van der Waals surface area contributed by atoms with Crippen LogP contribution >= 0.6 is 0 Å². The minimum Gasteiger partial charge on any atom is -0.522 e. The van der Waals surface area contributed by atoms with Gasteiger partial charge in [-0.25, -0.2) is 0 Å². The summed E-state index contributed by atoms with van der Waals surface area (Å²) in [6.45, 7) is 2.90. The molecule has 0 aliphatic carbocycles. The zero-order valence-electron chi connectivity index (χ0n) is 27.0. The van der Waals surface area contributed by atoms with Gasteiger partial charge in [-0.05, 0) is 6.92 Å². The van der Waals surface area contributed by atoms with Gasteiger partial charge in [0, 0.05) is 154 Å². The van der Waals surface area contributed by atoms with Crippen LogP contribution in [0.3, 0.4) is 0 Å². The molecule has 0 fully saturated rings. The van der Waals surface area contributed by atoms with E-state index in [0.29, 0.717) is 0 Å². The number of methoxy groups -OCH3 is 1. The molecule has 2 heterocycles. The first-order chi connectivity index (χ1) is 21.8. The van der Waals surface area contributed by atoms with E-state index in [1.165, 1.54) is 0 Å². The van der Waals surface area contributed by atoms with E-state index in [2.05, 4.69) is 58.8 Å². The number of aromatic nitrogens is 2. The van der Waals surface area contributed by atoms with Crippen molar-refractivity contribution in [1.82, 2.24) is 9.97 Å². The van der Waals surface area contributed by atoms with Crippen molar-refractivity contribution in [1.29, 1.82) is 0 Å². The summed E-state index contributed by atoms with van der Waals surface area (Å²) >= 11 is 0. The van der Waals surface area contributed by atoms with Crippen molar-refractivity contribution >= 4 is 0 Å². The van der Waals surface area contributed by atoms with Gasteiger partial charge in [0.1, 0.15) is 0 Å². The number of ether oxygens (including phenoxy) is 4. The van der Waals surface area contributed by atoms with Crippen LogP contribution in [-0.4, -0.2) is 30.5 Å². The van der Waals surface area contributed by atoms with Crippen molar-refractivity contribution < 1.29 is 150 Å². The first-order valence-corrected chi connectivity index (χ1v) is 13.4. The first-order valence-electron chi connectivity index (χ1n) is 13.4. The predicted molar refractivity (Wildman–Crippen MR) is 169 cm³/mol. The van der Waals surface area contributed by atoms with E-state index in [1.54, 1.807) is 68.0 Å². The number of hydrogen-bond acceptors (Lipinski definition) is 6. The Morgan fingerprint density at radius 3 is 0.979 bits per heavy atom. The molecule has 0 bridgehead atoms. The quantitative estimate of drug-likeness (QED) is 0.123. The van der Waals surface area contributed by atoms with Crippen LogP contribution in [0.1, 0.15) is 6.92 Å². The summed E-state index contributed by atoms with van der Waals surface area (Å²) < 4.78 is 20.8. The molecule has 6 aromatic rings. The Balaban J connectivity index is -0.000000541. The van der Waals surface area contributed by atoms with Crippen molar-refractivity contribution in [3.05, 3.63) is 183 Å². The topological polar surface area (TPSA) is 62.7 Å². The number of hydrogen-bond donors (Lipinski definition) is 0. The van der Waals surface area contributed by atoms with Gasteiger partial charge in [0.2, 0.25) is 6.79 Å². The number of pyridine rings is 2. The standard InChI is InChI=1S/C13H10O2.C8H9O.C7H7O.2C5H3N.4Y/c1-3-7-12(8-4-1)14-11-15-13-9-5-2-6-10-13;1-2-9-8-6-4-3-5-7-8;1-8-7-5-3-2-4-6-7;2*1-2-4-6-5-3-1;;;;/h3-10H,11H2;4-7H,2H2,1H3;3-6H,1H3;2*1-2,5H;;;;/q-2;2*-1;2*-2;;;;. The zero-order chi connectivity index (χ0) is 31.2. The summed E-state index contributed by atoms with van der Waals surface area (Å²) in [6, 6.07) is 53.4. The average molecular weight is 936 g/mol. The maximum atomic E-state index is 5.36. The monoisotopic (exact) mass is 936 g/mol. The second-order valence-corrected chi connectivity index (χ2v) is 7.76. The number of nitrogens with zero attached hydrogens (tertiary/aromatic N) is 2. The van der Waals surface area contributed by atoms with Crippen LogP contribution in [0.15, 0.2) is 134 Å². The van der Waals surface area contributed by atoms with Crippen molar-refractivity contribution in [2.75, 3.05) is 20.5 Å². The molecular weight excluding hydrogens is 904 g/mol. The van der Waals surface area contributed by atoms with Crippen LogP contribution in [0.4, 0.5) is 0 Å². The Bertz CT molecular complexity index is 1290. The number of benzene rings is 4. The van der Waals surface area contributed by atoms with Gasteiger partial charge in [-0.2, -0.15) is 97.6 Å². The fourth-order valence-corrected chi connectivity index (χ4v) is 2.74. The molecule has 0 aliphatic heterocycles. The van der Waals surface area contributed by atoms with E-state index < -0.39 is 0 Å². The molecule has 0 N–H and O–H groups in total. The van der Waals surface area contributed by atoms with Crippen LogP contribution in [0.5, 0.6) is 23.0 Å². The number of rotatable bonds is 7. The molecule has 0 aliphatic rings. The van der Waals surface area contributed by atoms with Gasteiger partial charge in [-0.3, -0.25) is 0 Å². The Hall–Kier alpha value is -1.20. The molecule has 2 aromatic heterocycles. The van der Waals surface area contributed by atoms with Gasteiger partial charge in [0.25, 0.3) is 0 Å². The van der Waals surface area contributed by atoms with Gasteiger partial charge in [-0.15, -0.1) is 48.5 Å². The first kappa shape index (κ1) is 51.2. The van der Waals surface area contributed by atoms with Crippen molar-refractivity contribution in [2.24, 2.45) is 0 Å². The third-order valence-electron chi connectivity index (χ3n) is 4.68. The van der Waals surface area contributed by atoms with E-state index in [9.17, 15) is 0 Å². The average Bonchev–Trinajstić information content (AvgIpc) is 3.13. The van der Waals surface area contributed by atoms with Crippen LogP contribution in [0.2, 0.25) is 0 Å². The van der Waals surface area contributed by atoms with Gasteiger partial charge in [-0.1, -0.05) is 0 Å². The Labute approximate surface area is 387 Å². The van der Waals surface area contributed by atoms with Crippen molar-refractivity contribution in [3.8, 4) is 23.0 Å².